The lowest BCUT2D eigenvalue weighted by Gasteiger charge is -2.22. The van der Waals surface area contributed by atoms with E-state index in [2.05, 4.69) is 59.0 Å². The van der Waals surface area contributed by atoms with Gasteiger partial charge in [0.1, 0.15) is 0 Å². The van der Waals surface area contributed by atoms with Crippen molar-refractivity contribution in [2.45, 2.75) is 6.92 Å². The number of nitrogens with one attached hydrogen (secondary N) is 2. The van der Waals surface area contributed by atoms with Crippen LogP contribution in [0, 0.1) is 0 Å². The molecule has 0 saturated carbocycles. The maximum Gasteiger partial charge on any atom is 0.293 e. The van der Waals surface area contributed by atoms with E-state index in [1.54, 1.807) is 25.2 Å². The quantitative estimate of drug-likeness (QED) is 0.332. The molecule has 1 aliphatic rings. The normalized spacial score (nSPS) is 13.3. The van der Waals surface area contributed by atoms with Crippen LogP contribution >= 0.6 is 11.3 Å². The highest BCUT2D eigenvalue weighted by Gasteiger charge is 2.25. The summed E-state index contributed by atoms with van der Waals surface area (Å²) < 4.78 is 10.8. The van der Waals surface area contributed by atoms with Crippen molar-refractivity contribution in [3.05, 3.63) is 85.0 Å². The van der Waals surface area contributed by atoms with Crippen LogP contribution in [0.1, 0.15) is 8.35 Å². The summed E-state index contributed by atoms with van der Waals surface area (Å²) in [6, 6.07) is 0. The molecule has 0 atom stereocenters. The lowest BCUT2D eigenvalue weighted by Crippen LogP contribution is -2.23. The highest BCUT2D eigenvalue weighted by atomic mass is 32.1. The van der Waals surface area contributed by atoms with Gasteiger partial charge in [-0.05, 0) is 13.0 Å². The smallest absolute Gasteiger partial charge is 0.293 e. The highest BCUT2D eigenvalue weighted by molar-refractivity contribution is 7.19. The first kappa shape index (κ1) is 22.4. The van der Waals surface area contributed by atoms with Crippen molar-refractivity contribution in [3.8, 4) is 0 Å². The average molecular weight is 429 g/mol. The number of ether oxygens (including phenoxy) is 2. The van der Waals surface area contributed by atoms with Crippen molar-refractivity contribution in [2.24, 2.45) is 5.10 Å². The number of methoxy groups -OCH3 is 1. The number of anilines is 2. The van der Waals surface area contributed by atoms with Crippen LogP contribution < -0.4 is 15.6 Å². The third-order valence-corrected chi connectivity index (χ3v) is 4.30. The number of hydrogen-bond donors (Lipinski definition) is 2. The Kier molecular flexibility index (Phi) is 7.48. The van der Waals surface area contributed by atoms with Gasteiger partial charge in [-0.15, -0.1) is 10.2 Å². The molecule has 0 saturated heterocycles. The lowest BCUT2D eigenvalue weighted by molar-refractivity contribution is -0.115. The Morgan fingerprint density at radius 3 is 2.73 bits per heavy atom. The number of carbonyl (C=O) groups is 1. The molecule has 9 nitrogen and oxygen atoms in total. The molecular formula is C20H24N6O3S. The van der Waals surface area contributed by atoms with Crippen LogP contribution in [0.3, 0.4) is 0 Å². The van der Waals surface area contributed by atoms with E-state index in [1.807, 2.05) is 0 Å². The van der Waals surface area contributed by atoms with Crippen molar-refractivity contribution >= 4 is 34.2 Å². The van der Waals surface area contributed by atoms with Gasteiger partial charge in [0.15, 0.2) is 17.3 Å². The molecule has 0 aliphatic carbocycles. The van der Waals surface area contributed by atoms with E-state index in [-0.39, 0.29) is 18.1 Å². The molecule has 2 heterocycles. The number of rotatable bonds is 10. The van der Waals surface area contributed by atoms with Crippen LogP contribution in [-0.4, -0.2) is 29.9 Å². The fraction of sp³-hybridized carbons (Fsp3) is 0.100. The molecule has 2 rings (SSSR count). The lowest BCUT2D eigenvalue weighted by atomic mass is 10.2. The van der Waals surface area contributed by atoms with E-state index in [9.17, 15) is 4.79 Å². The second-order valence-electron chi connectivity index (χ2n) is 5.76. The van der Waals surface area contributed by atoms with Gasteiger partial charge in [-0.2, -0.15) is 5.10 Å². The first-order chi connectivity index (χ1) is 14.3. The molecule has 2 N–H and O–H groups in total. The highest BCUT2D eigenvalue weighted by Crippen LogP contribution is 2.29. The Labute approximate surface area is 180 Å². The Bertz CT molecular complexity index is 1010. The number of hydrazone groups is 1. The summed E-state index contributed by atoms with van der Waals surface area (Å²) in [5, 5.41) is 19.4. The first-order valence-electron chi connectivity index (χ1n) is 8.50. The van der Waals surface area contributed by atoms with Gasteiger partial charge in [0, 0.05) is 25.6 Å². The molecule has 1 aromatic rings. The summed E-state index contributed by atoms with van der Waals surface area (Å²) in [7, 11) is 1.47. The fourth-order valence-corrected chi connectivity index (χ4v) is 3.02. The van der Waals surface area contributed by atoms with Crippen LogP contribution in [0.25, 0.3) is 0 Å². The Hall–Kier alpha value is -3.92. The Balaban J connectivity index is 0.00000480. The molecular weight excluding hydrogens is 404 g/mol. The molecule has 0 radical (unpaired) electrons. The molecule has 30 heavy (non-hydrogen) atoms. The monoisotopic (exact) mass is 428 g/mol. The largest absolute Gasteiger partial charge is 0.491 e. The van der Waals surface area contributed by atoms with Crippen molar-refractivity contribution in [2.75, 3.05) is 17.4 Å². The van der Waals surface area contributed by atoms with Crippen LogP contribution in [0.5, 0.6) is 0 Å². The zero-order valence-corrected chi connectivity index (χ0v) is 17.6. The third-order valence-electron chi connectivity index (χ3n) is 3.48. The van der Waals surface area contributed by atoms with Crippen LogP contribution in [0.4, 0.5) is 10.3 Å². The standard InChI is InChI=1S/C20H22N6O3S.H2/c1-8-9-10-13(4)22-15-11-16(29-14(5)17(15)28-7)18(27)23-19-24-25-20(30-19)26(21-6)12(2)3;/h8-11,22H,1-2,4-6H2,3,7H3,(H,23,24,27);1H/b10-9-;. The minimum absolute atomic E-state index is 0. The fourth-order valence-electron chi connectivity index (χ4n) is 2.24. The minimum Gasteiger partial charge on any atom is -0.491 e. The maximum absolute atomic E-state index is 12.7. The summed E-state index contributed by atoms with van der Waals surface area (Å²) in [6.45, 7) is 20.3. The van der Waals surface area contributed by atoms with E-state index in [0.717, 1.165) is 11.3 Å². The molecule has 1 aromatic heterocycles. The van der Waals surface area contributed by atoms with E-state index >= 15 is 0 Å². The molecule has 1 aliphatic heterocycles. The molecule has 0 bridgehead atoms. The van der Waals surface area contributed by atoms with Crippen LogP contribution in [-0.2, 0) is 14.3 Å². The predicted octanol–water partition coefficient (Wildman–Crippen LogP) is 3.81. The summed E-state index contributed by atoms with van der Waals surface area (Å²) in [5.41, 5.74) is 1.61. The van der Waals surface area contributed by atoms with Gasteiger partial charge in [-0.1, -0.05) is 49.8 Å². The number of hydrogen-bond acceptors (Lipinski definition) is 9. The summed E-state index contributed by atoms with van der Waals surface area (Å²) in [6.07, 6.45) is 6.52. The molecule has 0 fully saturated rings. The number of amides is 1. The molecule has 0 aromatic carbocycles. The zero-order chi connectivity index (χ0) is 22.3. The number of allylic oxidation sites excluding steroid dienone is 5. The topological polar surface area (TPSA) is 101 Å². The van der Waals surface area contributed by atoms with E-state index < -0.39 is 5.91 Å². The second-order valence-corrected chi connectivity index (χ2v) is 6.71. The SMILES string of the molecule is C=C/C=C\C(=C)NC1=C(OC)C(=C)OC(C(=O)Nc2nnc(N(N=C)C(=C)C)s2)=C1.[HH]. The van der Waals surface area contributed by atoms with Gasteiger partial charge in [-0.25, -0.2) is 5.01 Å². The molecule has 0 unspecified atom stereocenters. The van der Waals surface area contributed by atoms with Gasteiger partial charge in [0.25, 0.3) is 5.91 Å². The van der Waals surface area contributed by atoms with Gasteiger partial charge < -0.3 is 14.8 Å². The summed E-state index contributed by atoms with van der Waals surface area (Å²) in [4.78, 5) is 12.7. The zero-order valence-electron chi connectivity index (χ0n) is 16.8. The maximum atomic E-state index is 12.7. The average Bonchev–Trinajstić information content (AvgIpc) is 3.14. The van der Waals surface area contributed by atoms with E-state index in [0.29, 0.717) is 28.0 Å². The first-order valence-corrected chi connectivity index (χ1v) is 9.31. The van der Waals surface area contributed by atoms with Gasteiger partial charge in [0.2, 0.25) is 10.3 Å². The molecule has 10 heteroatoms. The van der Waals surface area contributed by atoms with Crippen molar-refractivity contribution in [1.82, 2.24) is 15.5 Å². The van der Waals surface area contributed by atoms with Gasteiger partial charge in [-0.3, -0.25) is 10.1 Å². The summed E-state index contributed by atoms with van der Waals surface area (Å²) >= 11 is 1.10. The molecule has 158 valence electrons. The molecule has 0 spiro atoms. The van der Waals surface area contributed by atoms with Crippen molar-refractivity contribution in [1.29, 1.82) is 0 Å². The van der Waals surface area contributed by atoms with Crippen LogP contribution in [0.15, 0.2) is 90.1 Å². The second kappa shape index (κ2) is 10.0. The molecule has 1 amide bonds. The Morgan fingerprint density at radius 2 is 2.13 bits per heavy atom. The van der Waals surface area contributed by atoms with Gasteiger partial charge in [0.05, 0.1) is 12.8 Å². The number of nitrogens with zero attached hydrogens (tertiary/aromatic N) is 4. The van der Waals surface area contributed by atoms with Crippen molar-refractivity contribution < 1.29 is 15.7 Å². The Morgan fingerprint density at radius 1 is 1.40 bits per heavy atom. The third kappa shape index (κ3) is 5.32. The minimum atomic E-state index is -0.547. The van der Waals surface area contributed by atoms with E-state index in [4.69, 9.17) is 9.47 Å². The summed E-state index contributed by atoms with van der Waals surface area (Å²) in [5.74, 6) is -0.0596. The van der Waals surface area contributed by atoms with Crippen LogP contribution in [0.2, 0.25) is 0 Å². The number of carbonyl (C=O) groups excluding carboxylic acids is 1. The van der Waals surface area contributed by atoms with Gasteiger partial charge >= 0.3 is 0 Å². The number of aromatic nitrogens is 2. The van der Waals surface area contributed by atoms with Crippen molar-refractivity contribution in [3.63, 3.8) is 0 Å². The van der Waals surface area contributed by atoms with E-state index in [1.165, 1.54) is 18.2 Å². The predicted molar refractivity (Wildman–Crippen MR) is 121 cm³/mol.